The second-order valence-electron chi connectivity index (χ2n) is 7.13. The van der Waals surface area contributed by atoms with Crippen molar-refractivity contribution < 1.29 is 9.59 Å². The molecule has 0 saturated carbocycles. The monoisotopic (exact) mass is 327 g/mol. The third-order valence-electron chi connectivity index (χ3n) is 4.98. The average molecular weight is 327 g/mol. The van der Waals surface area contributed by atoms with Crippen molar-refractivity contribution in [1.82, 2.24) is 14.8 Å². The van der Waals surface area contributed by atoms with E-state index >= 15 is 0 Å². The Hall–Kier alpha value is -2.57. The molecule has 0 spiro atoms. The summed E-state index contributed by atoms with van der Waals surface area (Å²) in [5.74, 6) is 0.662. The van der Waals surface area contributed by atoms with Crippen molar-refractivity contribution in [2.45, 2.75) is 38.8 Å². The topological polar surface area (TPSA) is 78.2 Å². The lowest BCUT2D eigenvalue weighted by molar-refractivity contribution is -0.124. The number of hydrogen-bond acceptors (Lipinski definition) is 5. The minimum atomic E-state index is -0.688. The molecule has 2 aliphatic heterocycles. The fourth-order valence-corrected chi connectivity index (χ4v) is 2.57. The summed E-state index contributed by atoms with van der Waals surface area (Å²) in [6, 6.07) is 5.43. The van der Waals surface area contributed by atoms with E-state index in [4.69, 9.17) is 0 Å². The number of nitrogens with zero attached hydrogens (tertiary/aromatic N) is 5. The summed E-state index contributed by atoms with van der Waals surface area (Å²) >= 11 is 0. The van der Waals surface area contributed by atoms with Gasteiger partial charge in [-0.2, -0.15) is 9.98 Å². The number of likely N-dealkylation sites (N-methyl/N-ethyl adjacent to an activating group) is 2. The van der Waals surface area contributed by atoms with E-state index in [0.29, 0.717) is 23.1 Å². The van der Waals surface area contributed by atoms with Gasteiger partial charge in [0, 0.05) is 14.1 Å². The number of pyridine rings is 1. The number of amidine groups is 2. The molecule has 2 aliphatic rings. The summed E-state index contributed by atoms with van der Waals surface area (Å²) in [5, 5.41) is 0. The van der Waals surface area contributed by atoms with Crippen molar-refractivity contribution in [3.8, 4) is 0 Å². The zero-order valence-corrected chi connectivity index (χ0v) is 14.8. The molecule has 2 amide bonds. The quantitative estimate of drug-likeness (QED) is 0.812. The van der Waals surface area contributed by atoms with Crippen molar-refractivity contribution in [2.75, 3.05) is 14.1 Å². The van der Waals surface area contributed by atoms with Crippen molar-refractivity contribution in [1.29, 1.82) is 0 Å². The lowest BCUT2D eigenvalue weighted by Crippen LogP contribution is -2.45. The van der Waals surface area contributed by atoms with Gasteiger partial charge in [-0.1, -0.05) is 6.07 Å². The van der Waals surface area contributed by atoms with Gasteiger partial charge in [0.05, 0.1) is 0 Å². The highest BCUT2D eigenvalue weighted by Gasteiger charge is 2.42. The second kappa shape index (κ2) is 4.96. The number of amides is 2. The Bertz CT molecular complexity index is 744. The van der Waals surface area contributed by atoms with E-state index in [-0.39, 0.29) is 11.8 Å². The van der Waals surface area contributed by atoms with Gasteiger partial charge >= 0.3 is 0 Å². The van der Waals surface area contributed by atoms with Crippen LogP contribution >= 0.6 is 0 Å². The van der Waals surface area contributed by atoms with Crippen LogP contribution in [0.1, 0.15) is 39.1 Å². The van der Waals surface area contributed by atoms with Gasteiger partial charge < -0.3 is 9.80 Å². The molecule has 0 fully saturated rings. The largest absolute Gasteiger partial charge is 0.344 e. The van der Waals surface area contributed by atoms with E-state index in [1.165, 1.54) is 0 Å². The molecule has 0 bridgehead atoms. The minimum absolute atomic E-state index is 0.196. The highest BCUT2D eigenvalue weighted by molar-refractivity contribution is 6.14. The maximum atomic E-state index is 12.1. The van der Waals surface area contributed by atoms with Gasteiger partial charge in [0.25, 0.3) is 11.8 Å². The molecule has 0 saturated heterocycles. The zero-order chi connectivity index (χ0) is 17.9. The van der Waals surface area contributed by atoms with Crippen LogP contribution in [0.5, 0.6) is 0 Å². The van der Waals surface area contributed by atoms with Crippen LogP contribution in [0, 0.1) is 0 Å². The first-order valence-electron chi connectivity index (χ1n) is 7.78. The van der Waals surface area contributed by atoms with Crippen LogP contribution < -0.4 is 0 Å². The van der Waals surface area contributed by atoms with Gasteiger partial charge in [-0.05, 0) is 39.8 Å². The minimum Gasteiger partial charge on any atom is -0.344 e. The zero-order valence-electron chi connectivity index (χ0n) is 14.8. The molecule has 0 radical (unpaired) electrons. The second-order valence-corrected chi connectivity index (χ2v) is 7.13. The van der Waals surface area contributed by atoms with Crippen molar-refractivity contribution in [2.24, 2.45) is 9.98 Å². The van der Waals surface area contributed by atoms with Gasteiger partial charge in [-0.25, -0.2) is 4.98 Å². The summed E-state index contributed by atoms with van der Waals surface area (Å²) in [5.41, 5.74) is -0.205. The summed E-state index contributed by atoms with van der Waals surface area (Å²) in [6.45, 7) is 7.30. The Balaban J connectivity index is 2.01. The smallest absolute Gasteiger partial charge is 0.273 e. The van der Waals surface area contributed by atoms with Crippen LogP contribution in [-0.2, 0) is 9.59 Å². The molecular weight excluding hydrogens is 306 g/mol. The molecule has 1 aromatic rings. The average Bonchev–Trinajstić information content (AvgIpc) is 2.86. The van der Waals surface area contributed by atoms with E-state index in [1.807, 2.05) is 57.7 Å². The SMILES string of the molecule is CN1C(c2cccc(C3=NC(=O)C(C)(C)N3C)n2)=NC(=O)C1(C)C. The van der Waals surface area contributed by atoms with Crippen molar-refractivity contribution in [3.63, 3.8) is 0 Å². The maximum absolute atomic E-state index is 12.1. The lowest BCUT2D eigenvalue weighted by atomic mass is 10.0. The molecule has 0 aliphatic carbocycles. The normalized spacial score (nSPS) is 22.1. The Morgan fingerprint density at radius 3 is 1.46 bits per heavy atom. The summed E-state index contributed by atoms with van der Waals surface area (Å²) in [6.07, 6.45) is 0. The number of carbonyl (C=O) groups excluding carboxylic acids is 2. The van der Waals surface area contributed by atoms with Crippen LogP contribution in [0.4, 0.5) is 0 Å². The molecular formula is C17H21N5O2. The van der Waals surface area contributed by atoms with Gasteiger partial charge in [0.15, 0.2) is 11.7 Å². The Morgan fingerprint density at radius 2 is 1.17 bits per heavy atom. The van der Waals surface area contributed by atoms with E-state index < -0.39 is 11.1 Å². The van der Waals surface area contributed by atoms with Gasteiger partial charge in [-0.3, -0.25) is 9.59 Å². The third kappa shape index (κ3) is 2.15. The molecule has 1 aromatic heterocycles. The molecule has 0 aromatic carbocycles. The number of aliphatic imine (C=N–C) groups is 2. The highest BCUT2D eigenvalue weighted by Crippen LogP contribution is 2.26. The van der Waals surface area contributed by atoms with E-state index in [9.17, 15) is 9.59 Å². The Kier molecular flexibility index (Phi) is 3.37. The van der Waals surface area contributed by atoms with Gasteiger partial charge in [0.2, 0.25) is 0 Å². The predicted octanol–water partition coefficient (Wildman–Crippen LogP) is 1.08. The Morgan fingerprint density at radius 1 is 0.792 bits per heavy atom. The number of hydrogen-bond donors (Lipinski definition) is 0. The van der Waals surface area contributed by atoms with Crippen LogP contribution in [-0.4, -0.2) is 63.4 Å². The molecule has 126 valence electrons. The fourth-order valence-electron chi connectivity index (χ4n) is 2.57. The highest BCUT2D eigenvalue weighted by atomic mass is 16.2. The van der Waals surface area contributed by atoms with Crippen LogP contribution in [0.15, 0.2) is 28.2 Å². The first-order chi connectivity index (χ1) is 11.1. The predicted molar refractivity (Wildman–Crippen MR) is 91.0 cm³/mol. The molecule has 7 nitrogen and oxygen atoms in total. The molecule has 0 atom stereocenters. The van der Waals surface area contributed by atoms with Gasteiger partial charge in [0.1, 0.15) is 22.5 Å². The number of carbonyl (C=O) groups is 2. The number of aromatic nitrogens is 1. The van der Waals surface area contributed by atoms with Crippen molar-refractivity contribution >= 4 is 23.5 Å². The molecule has 7 heteroatoms. The van der Waals surface area contributed by atoms with E-state index in [2.05, 4.69) is 15.0 Å². The van der Waals surface area contributed by atoms with Crippen LogP contribution in [0.25, 0.3) is 0 Å². The molecule has 3 rings (SSSR count). The van der Waals surface area contributed by atoms with Crippen molar-refractivity contribution in [3.05, 3.63) is 29.6 Å². The Labute approximate surface area is 141 Å². The van der Waals surface area contributed by atoms with Crippen LogP contribution in [0.3, 0.4) is 0 Å². The first-order valence-corrected chi connectivity index (χ1v) is 7.78. The maximum Gasteiger partial charge on any atom is 0.273 e. The summed E-state index contributed by atoms with van der Waals surface area (Å²) in [4.78, 5) is 40.7. The van der Waals surface area contributed by atoms with Crippen LogP contribution in [0.2, 0.25) is 0 Å². The third-order valence-corrected chi connectivity index (χ3v) is 4.98. The summed E-state index contributed by atoms with van der Waals surface area (Å²) in [7, 11) is 3.65. The summed E-state index contributed by atoms with van der Waals surface area (Å²) < 4.78 is 0. The molecule has 0 N–H and O–H groups in total. The number of rotatable bonds is 2. The van der Waals surface area contributed by atoms with E-state index in [0.717, 1.165) is 0 Å². The first kappa shape index (κ1) is 16.3. The van der Waals surface area contributed by atoms with Gasteiger partial charge in [-0.15, -0.1) is 0 Å². The van der Waals surface area contributed by atoms with E-state index in [1.54, 1.807) is 12.1 Å². The molecule has 3 heterocycles. The molecule has 0 unspecified atom stereocenters. The molecule has 24 heavy (non-hydrogen) atoms. The fraction of sp³-hybridized carbons (Fsp3) is 0.471. The standard InChI is InChI=1S/C17H21N5O2/c1-16(2)14(23)19-12(21(16)5)10-8-7-9-11(18-10)13-20-15(24)17(3,4)22(13)6/h7-9H,1-6H3. The lowest BCUT2D eigenvalue weighted by Gasteiger charge is -2.29.